The molecule has 0 amide bonds. The predicted molar refractivity (Wildman–Crippen MR) is 53.7 cm³/mol. The van der Waals surface area contributed by atoms with Gasteiger partial charge in [0.25, 0.3) is 5.56 Å². The van der Waals surface area contributed by atoms with Crippen LogP contribution in [-0.4, -0.2) is 10.6 Å². The lowest BCUT2D eigenvalue weighted by Crippen LogP contribution is -2.31. The molecule has 0 bridgehead atoms. The maximum absolute atomic E-state index is 11.3. The SMILES string of the molecule is CCC(N)Cn1cc(C)ccc1=O. The van der Waals surface area contributed by atoms with Gasteiger partial charge in [0.05, 0.1) is 0 Å². The Balaban J connectivity index is 2.87. The van der Waals surface area contributed by atoms with E-state index in [1.54, 1.807) is 10.6 Å². The minimum atomic E-state index is 0.0227. The van der Waals surface area contributed by atoms with Crippen LogP contribution in [0.25, 0.3) is 0 Å². The molecular formula is C10H16N2O. The van der Waals surface area contributed by atoms with Crippen LogP contribution in [0.1, 0.15) is 18.9 Å². The molecule has 0 radical (unpaired) electrons. The molecule has 2 N–H and O–H groups in total. The number of hydrogen-bond donors (Lipinski definition) is 1. The summed E-state index contributed by atoms with van der Waals surface area (Å²) in [5, 5.41) is 0. The Morgan fingerprint density at radius 2 is 2.23 bits per heavy atom. The molecule has 0 spiro atoms. The standard InChI is InChI=1S/C10H16N2O/c1-3-9(11)7-12-6-8(2)4-5-10(12)13/h4-6,9H,3,7,11H2,1-2H3. The quantitative estimate of drug-likeness (QED) is 0.751. The van der Waals surface area contributed by atoms with Crippen molar-refractivity contribution in [2.45, 2.75) is 32.9 Å². The van der Waals surface area contributed by atoms with Crippen LogP contribution in [0.4, 0.5) is 0 Å². The van der Waals surface area contributed by atoms with Crippen molar-refractivity contribution in [2.24, 2.45) is 5.73 Å². The van der Waals surface area contributed by atoms with Gasteiger partial charge in [0, 0.05) is 24.8 Å². The summed E-state index contributed by atoms with van der Waals surface area (Å²) in [5.41, 5.74) is 6.87. The molecule has 72 valence electrons. The molecule has 13 heavy (non-hydrogen) atoms. The average Bonchev–Trinajstić information content (AvgIpc) is 2.11. The molecule has 0 saturated heterocycles. The van der Waals surface area contributed by atoms with E-state index in [4.69, 9.17) is 5.73 Å². The number of aryl methyl sites for hydroxylation is 1. The van der Waals surface area contributed by atoms with Gasteiger partial charge in [-0.15, -0.1) is 0 Å². The molecule has 0 aromatic carbocycles. The maximum Gasteiger partial charge on any atom is 0.250 e. The topological polar surface area (TPSA) is 48.0 Å². The molecule has 0 saturated carbocycles. The van der Waals surface area contributed by atoms with Gasteiger partial charge in [0.15, 0.2) is 0 Å². The second kappa shape index (κ2) is 4.23. The Labute approximate surface area is 78.2 Å². The molecule has 1 heterocycles. The fourth-order valence-corrected chi connectivity index (χ4v) is 1.18. The van der Waals surface area contributed by atoms with Crippen LogP contribution >= 0.6 is 0 Å². The number of rotatable bonds is 3. The number of aromatic nitrogens is 1. The van der Waals surface area contributed by atoms with Crippen LogP contribution in [0.3, 0.4) is 0 Å². The fourth-order valence-electron chi connectivity index (χ4n) is 1.18. The largest absolute Gasteiger partial charge is 0.326 e. The second-order valence-corrected chi connectivity index (χ2v) is 3.37. The van der Waals surface area contributed by atoms with Crippen molar-refractivity contribution in [3.05, 3.63) is 34.2 Å². The number of nitrogens with two attached hydrogens (primary N) is 1. The minimum absolute atomic E-state index is 0.0227. The number of nitrogens with zero attached hydrogens (tertiary/aromatic N) is 1. The highest BCUT2D eigenvalue weighted by molar-refractivity contribution is 5.07. The van der Waals surface area contributed by atoms with E-state index in [0.717, 1.165) is 12.0 Å². The zero-order chi connectivity index (χ0) is 9.84. The van der Waals surface area contributed by atoms with Crippen molar-refractivity contribution in [2.75, 3.05) is 0 Å². The van der Waals surface area contributed by atoms with E-state index in [-0.39, 0.29) is 11.6 Å². The van der Waals surface area contributed by atoms with Crippen LogP contribution in [0.5, 0.6) is 0 Å². The summed E-state index contributed by atoms with van der Waals surface area (Å²) in [7, 11) is 0. The molecule has 1 aromatic rings. The average molecular weight is 180 g/mol. The van der Waals surface area contributed by atoms with Gasteiger partial charge in [0.1, 0.15) is 0 Å². The van der Waals surface area contributed by atoms with Gasteiger partial charge in [-0.2, -0.15) is 0 Å². The van der Waals surface area contributed by atoms with Gasteiger partial charge in [-0.3, -0.25) is 4.79 Å². The Bertz CT molecular complexity index is 330. The third-order valence-electron chi connectivity index (χ3n) is 2.09. The Kier molecular flexibility index (Phi) is 3.25. The Morgan fingerprint density at radius 1 is 1.54 bits per heavy atom. The lowest BCUT2D eigenvalue weighted by atomic mass is 10.2. The molecule has 3 heteroatoms. The zero-order valence-corrected chi connectivity index (χ0v) is 8.16. The van der Waals surface area contributed by atoms with Gasteiger partial charge in [-0.1, -0.05) is 13.0 Å². The predicted octanol–water partition coefficient (Wildman–Crippen LogP) is 0.894. The molecule has 3 nitrogen and oxygen atoms in total. The first-order valence-corrected chi connectivity index (χ1v) is 4.56. The van der Waals surface area contributed by atoms with E-state index in [1.165, 1.54) is 0 Å². The maximum atomic E-state index is 11.3. The summed E-state index contributed by atoms with van der Waals surface area (Å²) in [5.74, 6) is 0. The van der Waals surface area contributed by atoms with Crippen molar-refractivity contribution < 1.29 is 0 Å². The Morgan fingerprint density at radius 3 is 2.85 bits per heavy atom. The van der Waals surface area contributed by atoms with Gasteiger partial charge in [-0.25, -0.2) is 0 Å². The van der Waals surface area contributed by atoms with Crippen molar-refractivity contribution >= 4 is 0 Å². The van der Waals surface area contributed by atoms with Gasteiger partial charge < -0.3 is 10.3 Å². The van der Waals surface area contributed by atoms with Crippen LogP contribution in [0, 0.1) is 6.92 Å². The minimum Gasteiger partial charge on any atom is -0.326 e. The fraction of sp³-hybridized carbons (Fsp3) is 0.500. The summed E-state index contributed by atoms with van der Waals surface area (Å²) >= 11 is 0. The van der Waals surface area contributed by atoms with Gasteiger partial charge in [0.2, 0.25) is 0 Å². The normalized spacial score (nSPS) is 12.8. The first-order chi connectivity index (χ1) is 6.13. The molecular weight excluding hydrogens is 164 g/mol. The van der Waals surface area contributed by atoms with Crippen LogP contribution < -0.4 is 11.3 Å². The lowest BCUT2D eigenvalue weighted by Gasteiger charge is -2.11. The number of hydrogen-bond acceptors (Lipinski definition) is 2. The van der Waals surface area contributed by atoms with E-state index < -0.39 is 0 Å². The molecule has 1 aromatic heterocycles. The van der Waals surface area contributed by atoms with Crippen molar-refractivity contribution in [3.8, 4) is 0 Å². The molecule has 0 aliphatic carbocycles. The first kappa shape index (κ1) is 9.99. The first-order valence-electron chi connectivity index (χ1n) is 4.56. The molecule has 0 aliphatic heterocycles. The zero-order valence-electron chi connectivity index (χ0n) is 8.16. The van der Waals surface area contributed by atoms with E-state index in [0.29, 0.717) is 6.54 Å². The highest BCUT2D eigenvalue weighted by Crippen LogP contribution is 1.95. The van der Waals surface area contributed by atoms with E-state index in [2.05, 4.69) is 0 Å². The molecule has 0 fully saturated rings. The molecule has 0 aliphatic rings. The van der Waals surface area contributed by atoms with E-state index in [1.807, 2.05) is 26.1 Å². The van der Waals surface area contributed by atoms with Gasteiger partial charge in [-0.05, 0) is 18.9 Å². The summed E-state index contributed by atoms with van der Waals surface area (Å²) < 4.78 is 1.67. The van der Waals surface area contributed by atoms with E-state index >= 15 is 0 Å². The van der Waals surface area contributed by atoms with Crippen LogP contribution in [-0.2, 0) is 6.54 Å². The molecule has 1 atom stereocenters. The van der Waals surface area contributed by atoms with Crippen LogP contribution in [0.2, 0.25) is 0 Å². The van der Waals surface area contributed by atoms with Crippen molar-refractivity contribution in [1.29, 1.82) is 0 Å². The van der Waals surface area contributed by atoms with Crippen molar-refractivity contribution in [1.82, 2.24) is 4.57 Å². The summed E-state index contributed by atoms with van der Waals surface area (Å²) in [6.07, 6.45) is 2.73. The van der Waals surface area contributed by atoms with Crippen LogP contribution in [0.15, 0.2) is 23.1 Å². The monoisotopic (exact) mass is 180 g/mol. The Hall–Kier alpha value is -1.09. The molecule has 1 rings (SSSR count). The summed E-state index contributed by atoms with van der Waals surface area (Å²) in [6.45, 7) is 4.59. The smallest absolute Gasteiger partial charge is 0.250 e. The number of pyridine rings is 1. The highest BCUT2D eigenvalue weighted by atomic mass is 16.1. The van der Waals surface area contributed by atoms with Gasteiger partial charge >= 0.3 is 0 Å². The summed E-state index contributed by atoms with van der Waals surface area (Å²) in [6, 6.07) is 3.47. The highest BCUT2D eigenvalue weighted by Gasteiger charge is 2.01. The third kappa shape index (κ3) is 2.70. The van der Waals surface area contributed by atoms with E-state index in [9.17, 15) is 4.79 Å². The lowest BCUT2D eigenvalue weighted by molar-refractivity contribution is 0.526. The second-order valence-electron chi connectivity index (χ2n) is 3.37. The van der Waals surface area contributed by atoms with Crippen molar-refractivity contribution in [3.63, 3.8) is 0 Å². The molecule has 1 unspecified atom stereocenters. The third-order valence-corrected chi connectivity index (χ3v) is 2.09. The summed E-state index contributed by atoms with van der Waals surface area (Å²) in [4.78, 5) is 11.3.